The van der Waals surface area contributed by atoms with Crippen LogP contribution in [-0.4, -0.2) is 7.11 Å². The van der Waals surface area contributed by atoms with Crippen LogP contribution in [0, 0.1) is 0 Å². The third kappa shape index (κ3) is 4.42. The summed E-state index contributed by atoms with van der Waals surface area (Å²) in [7, 11) is 1.70. The molecule has 0 bridgehead atoms. The lowest BCUT2D eigenvalue weighted by molar-refractivity contribution is 0.415. The zero-order valence-corrected chi connectivity index (χ0v) is 19.2. The summed E-state index contributed by atoms with van der Waals surface area (Å²) in [6.45, 7) is 0. The molecule has 0 unspecified atom stereocenters. The SMILES string of the molecule is COc1ccc(-c2ccccc2C(=C(c2ccccc2)c2ccccc2)c2ccccc2)cc1. The molecule has 164 valence electrons. The highest BCUT2D eigenvalue weighted by Crippen LogP contribution is 2.40. The number of rotatable bonds is 6. The predicted octanol–water partition coefficient (Wildman–Crippen LogP) is 8.37. The summed E-state index contributed by atoms with van der Waals surface area (Å²) in [5, 5.41) is 0. The van der Waals surface area contributed by atoms with Gasteiger partial charge in [-0.05, 0) is 56.7 Å². The monoisotopic (exact) mass is 438 g/mol. The second-order valence-corrected chi connectivity index (χ2v) is 8.12. The minimum atomic E-state index is 0.856. The maximum absolute atomic E-state index is 5.40. The van der Waals surface area contributed by atoms with Crippen LogP contribution in [0.3, 0.4) is 0 Å². The van der Waals surface area contributed by atoms with E-state index in [2.05, 4.69) is 127 Å². The number of benzene rings is 5. The molecular weight excluding hydrogens is 412 g/mol. The molecule has 1 nitrogen and oxygen atoms in total. The molecule has 0 aliphatic carbocycles. The smallest absolute Gasteiger partial charge is 0.118 e. The zero-order chi connectivity index (χ0) is 23.2. The molecule has 0 aliphatic rings. The van der Waals surface area contributed by atoms with Gasteiger partial charge < -0.3 is 4.74 Å². The van der Waals surface area contributed by atoms with Crippen molar-refractivity contribution >= 4 is 11.1 Å². The van der Waals surface area contributed by atoms with Crippen LogP contribution in [0.25, 0.3) is 22.3 Å². The van der Waals surface area contributed by atoms with E-state index in [1.54, 1.807) is 7.11 Å². The molecule has 0 saturated carbocycles. The summed E-state index contributed by atoms with van der Waals surface area (Å²) in [5.41, 5.74) is 9.54. The second kappa shape index (κ2) is 10.1. The molecule has 0 spiro atoms. The van der Waals surface area contributed by atoms with Crippen molar-refractivity contribution in [3.8, 4) is 16.9 Å². The molecule has 0 fully saturated rings. The average molecular weight is 439 g/mol. The van der Waals surface area contributed by atoms with Crippen molar-refractivity contribution in [1.29, 1.82) is 0 Å². The first kappa shape index (κ1) is 21.5. The topological polar surface area (TPSA) is 9.23 Å². The van der Waals surface area contributed by atoms with Crippen molar-refractivity contribution in [2.45, 2.75) is 0 Å². The van der Waals surface area contributed by atoms with E-state index < -0.39 is 0 Å². The standard InChI is InChI=1S/C33H26O/c1-34-29-23-21-25(22-24-29)30-19-11-12-20-31(30)33(28-17-9-4-10-18-28)32(26-13-5-2-6-14-26)27-15-7-3-8-16-27/h2-24H,1H3. The molecule has 0 radical (unpaired) electrons. The average Bonchev–Trinajstić information content (AvgIpc) is 2.93. The van der Waals surface area contributed by atoms with Gasteiger partial charge in [0, 0.05) is 0 Å². The summed E-state index contributed by atoms with van der Waals surface area (Å²) >= 11 is 0. The molecule has 5 aromatic carbocycles. The highest BCUT2D eigenvalue weighted by molar-refractivity contribution is 6.07. The van der Waals surface area contributed by atoms with Crippen molar-refractivity contribution in [2.24, 2.45) is 0 Å². The van der Waals surface area contributed by atoms with Gasteiger partial charge in [-0.15, -0.1) is 0 Å². The van der Waals surface area contributed by atoms with Gasteiger partial charge in [-0.25, -0.2) is 0 Å². The summed E-state index contributed by atoms with van der Waals surface area (Å²) in [6.07, 6.45) is 0. The van der Waals surface area contributed by atoms with Gasteiger partial charge in [0.2, 0.25) is 0 Å². The minimum absolute atomic E-state index is 0.856. The van der Waals surface area contributed by atoms with E-state index in [1.165, 1.54) is 39.0 Å². The molecule has 0 amide bonds. The highest BCUT2D eigenvalue weighted by Gasteiger charge is 2.18. The van der Waals surface area contributed by atoms with E-state index in [9.17, 15) is 0 Å². The van der Waals surface area contributed by atoms with Crippen molar-refractivity contribution in [3.05, 3.63) is 162 Å². The third-order valence-corrected chi connectivity index (χ3v) is 6.03. The Morgan fingerprint density at radius 1 is 0.441 bits per heavy atom. The molecule has 0 heterocycles. The Morgan fingerprint density at radius 2 is 0.882 bits per heavy atom. The van der Waals surface area contributed by atoms with E-state index in [4.69, 9.17) is 4.74 Å². The van der Waals surface area contributed by atoms with E-state index in [1.807, 2.05) is 12.1 Å². The number of hydrogen-bond acceptors (Lipinski definition) is 1. The quantitative estimate of drug-likeness (QED) is 0.242. The lowest BCUT2D eigenvalue weighted by atomic mass is 9.83. The van der Waals surface area contributed by atoms with Crippen LogP contribution >= 0.6 is 0 Å². The van der Waals surface area contributed by atoms with Gasteiger partial charge in [-0.3, -0.25) is 0 Å². The van der Waals surface area contributed by atoms with Gasteiger partial charge in [-0.2, -0.15) is 0 Å². The molecule has 0 saturated heterocycles. The number of ether oxygens (including phenoxy) is 1. The maximum Gasteiger partial charge on any atom is 0.118 e. The van der Waals surface area contributed by atoms with Gasteiger partial charge >= 0.3 is 0 Å². The minimum Gasteiger partial charge on any atom is -0.497 e. The Balaban J connectivity index is 1.86. The van der Waals surface area contributed by atoms with Crippen LogP contribution < -0.4 is 4.74 Å². The van der Waals surface area contributed by atoms with E-state index in [-0.39, 0.29) is 0 Å². The first-order chi connectivity index (χ1) is 16.8. The first-order valence-electron chi connectivity index (χ1n) is 11.5. The Hall–Kier alpha value is -4.36. The summed E-state index contributed by atoms with van der Waals surface area (Å²) in [4.78, 5) is 0. The number of hydrogen-bond donors (Lipinski definition) is 0. The Kier molecular flexibility index (Phi) is 6.36. The lowest BCUT2D eigenvalue weighted by Gasteiger charge is -2.20. The Morgan fingerprint density at radius 3 is 1.38 bits per heavy atom. The second-order valence-electron chi connectivity index (χ2n) is 8.12. The zero-order valence-electron chi connectivity index (χ0n) is 19.2. The summed E-state index contributed by atoms with van der Waals surface area (Å²) in [6, 6.07) is 49.0. The van der Waals surface area contributed by atoms with Gasteiger partial charge in [-0.1, -0.05) is 127 Å². The molecule has 5 aromatic rings. The van der Waals surface area contributed by atoms with E-state index >= 15 is 0 Å². The van der Waals surface area contributed by atoms with Gasteiger partial charge in [0.15, 0.2) is 0 Å². The van der Waals surface area contributed by atoms with Crippen molar-refractivity contribution in [2.75, 3.05) is 7.11 Å². The largest absolute Gasteiger partial charge is 0.497 e. The van der Waals surface area contributed by atoms with Gasteiger partial charge in [0.1, 0.15) is 5.75 Å². The van der Waals surface area contributed by atoms with Crippen LogP contribution in [0.4, 0.5) is 0 Å². The van der Waals surface area contributed by atoms with Crippen molar-refractivity contribution in [3.63, 3.8) is 0 Å². The fourth-order valence-electron chi connectivity index (χ4n) is 4.43. The first-order valence-corrected chi connectivity index (χ1v) is 11.5. The maximum atomic E-state index is 5.40. The fourth-order valence-corrected chi connectivity index (χ4v) is 4.43. The van der Waals surface area contributed by atoms with E-state index in [0.29, 0.717) is 0 Å². The molecular formula is C33H26O. The molecule has 34 heavy (non-hydrogen) atoms. The Bertz CT molecular complexity index is 1340. The number of methoxy groups -OCH3 is 1. The van der Waals surface area contributed by atoms with Crippen molar-refractivity contribution < 1.29 is 4.74 Å². The Labute approximate surface area is 201 Å². The van der Waals surface area contributed by atoms with Gasteiger partial charge in [0.05, 0.1) is 7.11 Å². The fraction of sp³-hybridized carbons (Fsp3) is 0.0303. The van der Waals surface area contributed by atoms with Crippen LogP contribution in [0.2, 0.25) is 0 Å². The molecule has 0 aliphatic heterocycles. The summed E-state index contributed by atoms with van der Waals surface area (Å²) in [5.74, 6) is 0.856. The molecule has 0 N–H and O–H groups in total. The molecule has 0 atom stereocenters. The normalized spacial score (nSPS) is 10.5. The molecule has 0 aromatic heterocycles. The van der Waals surface area contributed by atoms with Crippen LogP contribution in [0.5, 0.6) is 5.75 Å². The summed E-state index contributed by atoms with van der Waals surface area (Å²) < 4.78 is 5.40. The van der Waals surface area contributed by atoms with E-state index in [0.717, 1.165) is 11.3 Å². The highest BCUT2D eigenvalue weighted by atomic mass is 16.5. The van der Waals surface area contributed by atoms with Crippen LogP contribution in [0.1, 0.15) is 22.3 Å². The van der Waals surface area contributed by atoms with Crippen LogP contribution in [0.15, 0.2) is 140 Å². The molecule has 5 rings (SSSR count). The van der Waals surface area contributed by atoms with Gasteiger partial charge in [0.25, 0.3) is 0 Å². The predicted molar refractivity (Wildman–Crippen MR) is 143 cm³/mol. The lowest BCUT2D eigenvalue weighted by Crippen LogP contribution is -1.99. The third-order valence-electron chi connectivity index (χ3n) is 6.03. The van der Waals surface area contributed by atoms with Crippen molar-refractivity contribution in [1.82, 2.24) is 0 Å². The molecule has 1 heteroatoms. The van der Waals surface area contributed by atoms with Crippen LogP contribution in [-0.2, 0) is 0 Å².